The zero-order chi connectivity index (χ0) is 29.4. The molecule has 2 fully saturated rings. The van der Waals surface area contributed by atoms with E-state index in [-0.39, 0.29) is 11.3 Å². The highest BCUT2D eigenvalue weighted by Gasteiger charge is 2.68. The Kier molecular flexibility index (Phi) is 6.53. The molecule has 1 saturated heterocycles. The third-order valence-electron chi connectivity index (χ3n) is 8.76. The minimum Gasteiger partial charge on any atom is -0.508 e. The van der Waals surface area contributed by atoms with E-state index in [4.69, 9.17) is 5.73 Å². The third-order valence-corrected chi connectivity index (χ3v) is 8.76. The SMILES string of the molecule is CC1c2ccc(NC(=O)[C@H]3CCCN3)c(O)c2C(O)=C2C(=O)C3(O)C(O)=C(C(N)=O)C(=O)[C@@H](N(C)C)C3C(O)C21. The van der Waals surface area contributed by atoms with Crippen molar-refractivity contribution in [2.45, 2.75) is 49.5 Å². The number of anilines is 1. The van der Waals surface area contributed by atoms with Gasteiger partial charge in [0.2, 0.25) is 11.7 Å². The Hall–Kier alpha value is -3.78. The summed E-state index contributed by atoms with van der Waals surface area (Å²) < 4.78 is 0. The molecular formula is C27H32N4O9. The van der Waals surface area contributed by atoms with Crippen molar-refractivity contribution >= 4 is 34.8 Å². The second-order valence-electron chi connectivity index (χ2n) is 11.1. The van der Waals surface area contributed by atoms with Gasteiger partial charge in [-0.15, -0.1) is 0 Å². The van der Waals surface area contributed by atoms with Crippen molar-refractivity contribution in [2.75, 3.05) is 26.0 Å². The number of carbonyl (C=O) groups is 4. The van der Waals surface area contributed by atoms with Crippen molar-refractivity contribution in [3.8, 4) is 5.75 Å². The van der Waals surface area contributed by atoms with Crippen LogP contribution in [-0.4, -0.2) is 98.2 Å². The number of Topliss-reactive ketones (excluding diaryl/α,β-unsaturated/α-hetero) is 2. The number of likely N-dealkylation sites (N-methyl/N-ethyl adjacent to an activating group) is 1. The molecular weight excluding hydrogens is 524 g/mol. The molecule has 214 valence electrons. The lowest BCUT2D eigenvalue weighted by molar-refractivity contribution is -0.169. The molecule has 0 radical (unpaired) electrons. The van der Waals surface area contributed by atoms with Crippen LogP contribution in [0.5, 0.6) is 5.75 Å². The summed E-state index contributed by atoms with van der Waals surface area (Å²) in [5.41, 5.74) is 0.999. The van der Waals surface area contributed by atoms with Crippen LogP contribution in [0.15, 0.2) is 29.0 Å². The van der Waals surface area contributed by atoms with E-state index in [0.717, 1.165) is 6.42 Å². The number of amides is 2. The highest BCUT2D eigenvalue weighted by molar-refractivity contribution is 6.24. The Labute approximate surface area is 229 Å². The number of phenols is 1. The summed E-state index contributed by atoms with van der Waals surface area (Å²) >= 11 is 0. The first-order valence-electron chi connectivity index (χ1n) is 13.0. The lowest BCUT2D eigenvalue weighted by Crippen LogP contribution is -2.70. The van der Waals surface area contributed by atoms with Gasteiger partial charge in [0.05, 0.1) is 35.4 Å². The number of ketones is 2. The molecule has 0 spiro atoms. The highest BCUT2D eigenvalue weighted by Crippen LogP contribution is 2.56. The van der Waals surface area contributed by atoms with Gasteiger partial charge in [-0.2, -0.15) is 0 Å². The number of rotatable bonds is 4. The molecule has 13 heteroatoms. The molecule has 9 N–H and O–H groups in total. The number of primary amides is 1. The monoisotopic (exact) mass is 556 g/mol. The fourth-order valence-corrected chi connectivity index (χ4v) is 6.85. The Morgan fingerprint density at radius 2 is 1.85 bits per heavy atom. The number of nitrogens with two attached hydrogens (primary N) is 1. The molecule has 7 atom stereocenters. The standard InChI is InChI=1S/C27H32N4O9/c1-9-10-6-7-11(30-26(39)12-5-4-8-29-12)19(32)14(10)20(33)15-13(9)21(34)17-18(31(2)3)22(35)16(25(28)38)24(37)27(17,40)23(15)36/h6-7,9,12-13,17-18,21,29,32-34,37,40H,4-5,8H2,1-3H3,(H2,28,38)(H,30,39)/t9?,12-,13?,17?,18+,21?,27?/m1/s1. The molecule has 5 rings (SSSR count). The van der Waals surface area contributed by atoms with Crippen LogP contribution in [0.4, 0.5) is 5.69 Å². The average molecular weight is 557 g/mol. The minimum absolute atomic E-state index is 0.0228. The van der Waals surface area contributed by atoms with Gasteiger partial charge in [-0.3, -0.25) is 24.1 Å². The van der Waals surface area contributed by atoms with Gasteiger partial charge in [0.1, 0.15) is 22.8 Å². The van der Waals surface area contributed by atoms with Crippen molar-refractivity contribution in [3.05, 3.63) is 40.2 Å². The number of benzene rings is 1. The summed E-state index contributed by atoms with van der Waals surface area (Å²) in [6, 6.07) is 1.11. The number of nitrogens with one attached hydrogen (secondary N) is 2. The normalized spacial score (nSPS) is 33.5. The van der Waals surface area contributed by atoms with E-state index in [9.17, 15) is 44.7 Å². The molecule has 1 aromatic rings. The maximum Gasteiger partial charge on any atom is 0.255 e. The topological polar surface area (TPSA) is 223 Å². The molecule has 1 heterocycles. The molecule has 1 saturated carbocycles. The van der Waals surface area contributed by atoms with Gasteiger partial charge in [0.15, 0.2) is 11.4 Å². The van der Waals surface area contributed by atoms with Crippen molar-refractivity contribution in [2.24, 2.45) is 17.6 Å². The maximum atomic E-state index is 14.0. The number of fused-ring (bicyclic) bond motifs is 3. The molecule has 40 heavy (non-hydrogen) atoms. The van der Waals surface area contributed by atoms with Crippen molar-refractivity contribution in [1.29, 1.82) is 0 Å². The zero-order valence-electron chi connectivity index (χ0n) is 22.1. The summed E-state index contributed by atoms with van der Waals surface area (Å²) in [6.45, 7) is 2.31. The van der Waals surface area contributed by atoms with E-state index >= 15 is 0 Å². The summed E-state index contributed by atoms with van der Waals surface area (Å²) in [4.78, 5) is 53.3. The summed E-state index contributed by atoms with van der Waals surface area (Å²) in [5.74, 6) is -10.1. The Bertz CT molecular complexity index is 1410. The van der Waals surface area contributed by atoms with Crippen LogP contribution >= 0.6 is 0 Å². The number of aromatic hydroxyl groups is 1. The molecule has 4 aliphatic rings. The second-order valence-corrected chi connectivity index (χ2v) is 11.1. The predicted octanol–water partition coefficient (Wildman–Crippen LogP) is -0.814. The minimum atomic E-state index is -2.99. The van der Waals surface area contributed by atoms with E-state index < -0.39 is 93.3 Å². The Morgan fingerprint density at radius 1 is 1.18 bits per heavy atom. The number of aliphatic hydroxyl groups excluding tert-OH is 3. The number of carbonyl (C=O) groups excluding carboxylic acids is 4. The van der Waals surface area contributed by atoms with Crippen LogP contribution in [0.2, 0.25) is 0 Å². The van der Waals surface area contributed by atoms with E-state index in [1.807, 2.05) is 0 Å². The van der Waals surface area contributed by atoms with E-state index in [0.29, 0.717) is 18.5 Å². The average Bonchev–Trinajstić information content (AvgIpc) is 3.42. The molecule has 3 aliphatic carbocycles. The molecule has 0 aromatic heterocycles. The van der Waals surface area contributed by atoms with Gasteiger partial charge in [0.25, 0.3) is 5.91 Å². The third kappa shape index (κ3) is 3.61. The quantitative estimate of drug-likeness (QED) is 0.169. The summed E-state index contributed by atoms with van der Waals surface area (Å²) in [7, 11) is 2.89. The van der Waals surface area contributed by atoms with Gasteiger partial charge in [-0.25, -0.2) is 0 Å². The van der Waals surface area contributed by atoms with E-state index in [1.165, 1.54) is 25.1 Å². The summed E-state index contributed by atoms with van der Waals surface area (Å²) in [6.07, 6.45) is -0.253. The van der Waals surface area contributed by atoms with Crippen LogP contribution in [0.25, 0.3) is 5.76 Å². The number of hydrogen-bond acceptors (Lipinski definition) is 11. The molecule has 5 unspecified atom stereocenters. The fourth-order valence-electron chi connectivity index (χ4n) is 6.85. The first kappa shape index (κ1) is 27.8. The van der Waals surface area contributed by atoms with E-state index in [2.05, 4.69) is 10.6 Å². The number of aliphatic hydroxyl groups is 4. The smallest absolute Gasteiger partial charge is 0.255 e. The highest BCUT2D eigenvalue weighted by atomic mass is 16.4. The number of nitrogens with zero attached hydrogens (tertiary/aromatic N) is 1. The van der Waals surface area contributed by atoms with Crippen molar-refractivity contribution in [3.63, 3.8) is 0 Å². The van der Waals surface area contributed by atoms with Gasteiger partial charge in [-0.1, -0.05) is 13.0 Å². The van der Waals surface area contributed by atoms with Crippen molar-refractivity contribution < 1.29 is 44.7 Å². The van der Waals surface area contributed by atoms with Crippen LogP contribution in [0, 0.1) is 11.8 Å². The largest absolute Gasteiger partial charge is 0.508 e. The molecule has 13 nitrogen and oxygen atoms in total. The molecule has 1 aliphatic heterocycles. The van der Waals surface area contributed by atoms with Gasteiger partial charge in [-0.05, 0) is 51.0 Å². The van der Waals surface area contributed by atoms with Gasteiger partial charge >= 0.3 is 0 Å². The first-order chi connectivity index (χ1) is 18.7. The van der Waals surface area contributed by atoms with Gasteiger partial charge in [0, 0.05) is 11.5 Å². The Balaban J connectivity index is 1.68. The van der Waals surface area contributed by atoms with Crippen LogP contribution in [-0.2, 0) is 19.2 Å². The first-order valence-corrected chi connectivity index (χ1v) is 13.0. The Morgan fingerprint density at radius 3 is 2.42 bits per heavy atom. The van der Waals surface area contributed by atoms with E-state index in [1.54, 1.807) is 13.0 Å². The maximum absolute atomic E-state index is 14.0. The van der Waals surface area contributed by atoms with Crippen LogP contribution < -0.4 is 16.4 Å². The molecule has 1 aromatic carbocycles. The van der Waals surface area contributed by atoms with Crippen LogP contribution in [0.3, 0.4) is 0 Å². The lowest BCUT2D eigenvalue weighted by atomic mass is 9.54. The van der Waals surface area contributed by atoms with Crippen molar-refractivity contribution in [1.82, 2.24) is 10.2 Å². The fraction of sp³-hybridized carbons (Fsp3) is 0.481. The van der Waals surface area contributed by atoms with Gasteiger partial charge < -0.3 is 41.9 Å². The predicted molar refractivity (Wildman–Crippen MR) is 140 cm³/mol. The zero-order valence-corrected chi connectivity index (χ0v) is 22.1. The molecule has 0 bridgehead atoms. The molecule has 2 amide bonds. The summed E-state index contributed by atoms with van der Waals surface area (Å²) in [5, 5.41) is 62.5. The van der Waals surface area contributed by atoms with Crippen LogP contribution in [0.1, 0.15) is 36.8 Å². The number of phenolic OH excluding ortho intramolecular Hbond substituents is 1. The second kappa shape index (κ2) is 9.41. The lowest BCUT2D eigenvalue weighted by Gasteiger charge is -2.53. The number of hydrogen-bond donors (Lipinski definition) is 8.